The first-order chi connectivity index (χ1) is 15.1. The van der Waals surface area contributed by atoms with E-state index in [4.69, 9.17) is 10.1 Å². The minimum atomic E-state index is -0.930. The van der Waals surface area contributed by atoms with Gasteiger partial charge in [0.05, 0.1) is 12.1 Å². The summed E-state index contributed by atoms with van der Waals surface area (Å²) in [5.41, 5.74) is 3.71. The molecule has 1 amide bonds. The third-order valence-corrected chi connectivity index (χ3v) is 5.73. The zero-order valence-corrected chi connectivity index (χ0v) is 18.4. The first kappa shape index (κ1) is 22.5. The third kappa shape index (κ3) is 6.65. The van der Waals surface area contributed by atoms with Gasteiger partial charge in [0.15, 0.2) is 5.13 Å². The Balaban J connectivity index is 1.68. The number of anilines is 1. The second kappa shape index (κ2) is 11.3. The van der Waals surface area contributed by atoms with Crippen molar-refractivity contribution in [2.45, 2.75) is 32.7 Å². The van der Waals surface area contributed by atoms with E-state index in [1.165, 1.54) is 0 Å². The molecule has 2 N–H and O–H groups in total. The Morgan fingerprint density at radius 2 is 1.84 bits per heavy atom. The summed E-state index contributed by atoms with van der Waals surface area (Å²) in [6.45, 7) is 3.92. The van der Waals surface area contributed by atoms with Crippen molar-refractivity contribution in [2.75, 3.05) is 18.0 Å². The van der Waals surface area contributed by atoms with Gasteiger partial charge in [-0.05, 0) is 24.1 Å². The average molecular weight is 438 g/mol. The number of nitrogens with one attached hydrogen (secondary N) is 1. The molecule has 6 nitrogen and oxygen atoms in total. The summed E-state index contributed by atoms with van der Waals surface area (Å²) in [4.78, 5) is 29.9. The summed E-state index contributed by atoms with van der Waals surface area (Å²) in [5.74, 6) is -1.19. The van der Waals surface area contributed by atoms with Gasteiger partial charge in [-0.2, -0.15) is 0 Å². The van der Waals surface area contributed by atoms with E-state index >= 15 is 0 Å². The van der Waals surface area contributed by atoms with Crippen LogP contribution in [0.5, 0.6) is 0 Å². The molecule has 1 heterocycles. The standard InChI is InChI=1S/C24H27N3O3S/c1-2-3-15-27(24-26-21(17-31-24)19-7-5-4-6-8-19)16-18-9-11-20(12-10-18)23(30)25-14-13-22(28)29/h4-12,17H,2-3,13-16H2,1H3,(H,25,30)(H,28,29). The minimum Gasteiger partial charge on any atom is -0.481 e. The van der Waals surface area contributed by atoms with Crippen LogP contribution in [0, 0.1) is 0 Å². The van der Waals surface area contributed by atoms with E-state index in [1.54, 1.807) is 23.5 Å². The quantitative estimate of drug-likeness (QED) is 0.449. The number of carbonyl (C=O) groups excluding carboxylic acids is 1. The largest absolute Gasteiger partial charge is 0.481 e. The number of carboxylic acid groups (broad SMARTS) is 1. The first-order valence-electron chi connectivity index (χ1n) is 10.4. The number of nitrogens with zero attached hydrogens (tertiary/aromatic N) is 2. The van der Waals surface area contributed by atoms with E-state index in [9.17, 15) is 9.59 Å². The number of thiazole rings is 1. The lowest BCUT2D eigenvalue weighted by atomic mass is 10.1. The SMILES string of the molecule is CCCCN(Cc1ccc(C(=O)NCCC(=O)O)cc1)c1nc(-c2ccccc2)cs1. The van der Waals surface area contributed by atoms with Gasteiger partial charge in [0.1, 0.15) is 0 Å². The Hall–Kier alpha value is -3.19. The number of aliphatic carboxylic acids is 1. The van der Waals surface area contributed by atoms with Crippen LogP contribution in [0.4, 0.5) is 5.13 Å². The van der Waals surface area contributed by atoms with Gasteiger partial charge in [-0.15, -0.1) is 11.3 Å². The fraction of sp³-hybridized carbons (Fsp3) is 0.292. The molecule has 3 rings (SSSR count). The van der Waals surface area contributed by atoms with Crippen molar-refractivity contribution in [1.82, 2.24) is 10.3 Å². The highest BCUT2D eigenvalue weighted by Gasteiger charge is 2.13. The molecule has 31 heavy (non-hydrogen) atoms. The summed E-state index contributed by atoms with van der Waals surface area (Å²) < 4.78 is 0. The Bertz CT molecular complexity index is 987. The molecule has 0 spiro atoms. The van der Waals surface area contributed by atoms with Crippen molar-refractivity contribution < 1.29 is 14.7 Å². The van der Waals surface area contributed by atoms with E-state index in [1.807, 2.05) is 30.3 Å². The summed E-state index contributed by atoms with van der Waals surface area (Å²) in [6, 6.07) is 17.6. The number of hydrogen-bond donors (Lipinski definition) is 2. The molecule has 3 aromatic rings. The highest BCUT2D eigenvalue weighted by molar-refractivity contribution is 7.14. The van der Waals surface area contributed by atoms with Gasteiger partial charge in [0.25, 0.3) is 5.91 Å². The summed E-state index contributed by atoms with van der Waals surface area (Å²) in [6.07, 6.45) is 2.09. The molecule has 0 radical (unpaired) electrons. The van der Waals surface area contributed by atoms with Crippen LogP contribution >= 0.6 is 11.3 Å². The van der Waals surface area contributed by atoms with Gasteiger partial charge in [0.2, 0.25) is 0 Å². The number of aromatic nitrogens is 1. The van der Waals surface area contributed by atoms with Crippen LogP contribution in [-0.4, -0.2) is 35.1 Å². The molecule has 162 valence electrons. The van der Waals surface area contributed by atoms with Gasteiger partial charge >= 0.3 is 5.97 Å². The number of carbonyl (C=O) groups is 2. The smallest absolute Gasteiger partial charge is 0.305 e. The average Bonchev–Trinajstić information content (AvgIpc) is 3.27. The number of carboxylic acids is 1. The zero-order valence-electron chi connectivity index (χ0n) is 17.6. The zero-order chi connectivity index (χ0) is 22.1. The number of rotatable bonds is 11. The van der Waals surface area contributed by atoms with Crippen molar-refractivity contribution in [2.24, 2.45) is 0 Å². The summed E-state index contributed by atoms with van der Waals surface area (Å²) >= 11 is 1.64. The summed E-state index contributed by atoms with van der Waals surface area (Å²) in [5, 5.41) is 14.4. The van der Waals surface area contributed by atoms with Gasteiger partial charge < -0.3 is 15.3 Å². The fourth-order valence-electron chi connectivity index (χ4n) is 3.11. The maximum Gasteiger partial charge on any atom is 0.305 e. The number of unbranched alkanes of at least 4 members (excludes halogenated alkanes) is 1. The molecular formula is C24H27N3O3S. The second-order valence-electron chi connectivity index (χ2n) is 7.25. The molecule has 0 aliphatic carbocycles. The third-order valence-electron chi connectivity index (χ3n) is 4.83. The van der Waals surface area contributed by atoms with E-state index in [2.05, 4.69) is 34.7 Å². The van der Waals surface area contributed by atoms with Crippen LogP contribution < -0.4 is 10.2 Å². The number of hydrogen-bond acceptors (Lipinski definition) is 5. The molecule has 0 saturated heterocycles. The van der Waals surface area contributed by atoms with Gasteiger partial charge in [-0.25, -0.2) is 4.98 Å². The van der Waals surface area contributed by atoms with E-state index in [0.717, 1.165) is 41.3 Å². The molecule has 0 bridgehead atoms. The molecule has 2 aromatic carbocycles. The highest BCUT2D eigenvalue weighted by atomic mass is 32.1. The predicted octanol–water partition coefficient (Wildman–Crippen LogP) is 4.82. The maximum absolute atomic E-state index is 12.1. The topological polar surface area (TPSA) is 82.5 Å². The number of benzene rings is 2. The molecule has 0 unspecified atom stereocenters. The molecule has 0 aliphatic heterocycles. The molecule has 1 aromatic heterocycles. The van der Waals surface area contributed by atoms with Crippen molar-refractivity contribution in [3.63, 3.8) is 0 Å². The Kier molecular flexibility index (Phi) is 8.18. The Morgan fingerprint density at radius 3 is 2.52 bits per heavy atom. The van der Waals surface area contributed by atoms with E-state index < -0.39 is 5.97 Å². The molecule has 0 fully saturated rings. The van der Waals surface area contributed by atoms with Gasteiger partial charge in [-0.1, -0.05) is 55.8 Å². The van der Waals surface area contributed by atoms with E-state index in [0.29, 0.717) is 12.1 Å². The first-order valence-corrected chi connectivity index (χ1v) is 11.3. The van der Waals surface area contributed by atoms with Crippen LogP contribution in [0.2, 0.25) is 0 Å². The van der Waals surface area contributed by atoms with Gasteiger partial charge in [0, 0.05) is 36.1 Å². The number of amides is 1. The van der Waals surface area contributed by atoms with Crippen molar-refractivity contribution in [1.29, 1.82) is 0 Å². The normalized spacial score (nSPS) is 10.6. The van der Waals surface area contributed by atoms with Gasteiger partial charge in [-0.3, -0.25) is 9.59 Å². The lowest BCUT2D eigenvalue weighted by molar-refractivity contribution is -0.136. The van der Waals surface area contributed by atoms with Crippen LogP contribution in [0.3, 0.4) is 0 Å². The maximum atomic E-state index is 12.1. The van der Waals surface area contributed by atoms with Crippen LogP contribution in [0.15, 0.2) is 60.0 Å². The highest BCUT2D eigenvalue weighted by Crippen LogP contribution is 2.28. The molecule has 7 heteroatoms. The lowest BCUT2D eigenvalue weighted by Crippen LogP contribution is -2.26. The van der Waals surface area contributed by atoms with Crippen LogP contribution in [0.1, 0.15) is 42.1 Å². The predicted molar refractivity (Wildman–Crippen MR) is 125 cm³/mol. The summed E-state index contributed by atoms with van der Waals surface area (Å²) in [7, 11) is 0. The fourth-order valence-corrected chi connectivity index (χ4v) is 3.97. The van der Waals surface area contributed by atoms with Crippen LogP contribution in [-0.2, 0) is 11.3 Å². The lowest BCUT2D eigenvalue weighted by Gasteiger charge is -2.22. The second-order valence-corrected chi connectivity index (χ2v) is 8.09. The monoisotopic (exact) mass is 437 g/mol. The van der Waals surface area contributed by atoms with Crippen molar-refractivity contribution >= 4 is 28.3 Å². The van der Waals surface area contributed by atoms with Crippen molar-refractivity contribution in [3.05, 3.63) is 71.1 Å². The van der Waals surface area contributed by atoms with Crippen LogP contribution in [0.25, 0.3) is 11.3 Å². The Labute approximate surface area is 186 Å². The molecular weight excluding hydrogens is 410 g/mol. The molecule has 0 atom stereocenters. The van der Waals surface area contributed by atoms with Crippen molar-refractivity contribution in [3.8, 4) is 11.3 Å². The molecule has 0 saturated carbocycles. The Morgan fingerprint density at radius 1 is 1.10 bits per heavy atom. The minimum absolute atomic E-state index is 0.0883. The molecule has 0 aliphatic rings. The van der Waals surface area contributed by atoms with E-state index in [-0.39, 0.29) is 18.9 Å².